The van der Waals surface area contributed by atoms with Crippen LogP contribution in [0.1, 0.15) is 30.1 Å². The second-order valence-corrected chi connectivity index (χ2v) is 4.86. The van der Waals surface area contributed by atoms with Crippen molar-refractivity contribution in [3.8, 4) is 0 Å². The van der Waals surface area contributed by atoms with E-state index in [2.05, 4.69) is 10.6 Å². The maximum atomic E-state index is 11.6. The first-order valence-electron chi connectivity index (χ1n) is 5.93. The Morgan fingerprint density at radius 3 is 2.79 bits per heavy atom. The number of hydrogen-bond donors (Lipinski definition) is 3. The predicted octanol–water partition coefficient (Wildman–Crippen LogP) is 1.14. The molecule has 1 aromatic heterocycles. The van der Waals surface area contributed by atoms with Gasteiger partial charge in [-0.3, -0.25) is 9.59 Å². The summed E-state index contributed by atoms with van der Waals surface area (Å²) >= 11 is 1.48. The largest absolute Gasteiger partial charge is 0.352 e. The summed E-state index contributed by atoms with van der Waals surface area (Å²) in [6.07, 6.45) is 1.02. The van der Waals surface area contributed by atoms with Gasteiger partial charge in [0.15, 0.2) is 0 Å². The van der Waals surface area contributed by atoms with Crippen LogP contribution in [0.2, 0.25) is 0 Å². The quantitative estimate of drug-likeness (QED) is 0.661. The van der Waals surface area contributed by atoms with Crippen molar-refractivity contribution in [2.75, 3.05) is 13.1 Å². The van der Waals surface area contributed by atoms with E-state index < -0.39 is 0 Å². The van der Waals surface area contributed by atoms with Gasteiger partial charge >= 0.3 is 0 Å². The molecule has 0 saturated carbocycles. The maximum Gasteiger partial charge on any atom is 0.252 e. The van der Waals surface area contributed by atoms with E-state index in [-0.39, 0.29) is 30.3 Å². The number of hydrogen-bond acceptors (Lipinski definition) is 4. The van der Waals surface area contributed by atoms with Crippen LogP contribution in [0, 0.1) is 0 Å². The zero-order valence-corrected chi connectivity index (χ0v) is 12.5. The molecule has 5 nitrogen and oxygen atoms in total. The highest BCUT2D eigenvalue weighted by molar-refractivity contribution is 7.08. The van der Waals surface area contributed by atoms with E-state index >= 15 is 0 Å². The summed E-state index contributed by atoms with van der Waals surface area (Å²) in [4.78, 5) is 23.0. The van der Waals surface area contributed by atoms with Crippen LogP contribution in [0.4, 0.5) is 0 Å². The monoisotopic (exact) mass is 305 g/mol. The molecule has 0 fully saturated rings. The van der Waals surface area contributed by atoms with E-state index in [1.165, 1.54) is 11.3 Å². The molecule has 1 rings (SSSR count). The van der Waals surface area contributed by atoms with Gasteiger partial charge in [0, 0.05) is 36.5 Å². The fraction of sp³-hybridized carbons (Fsp3) is 0.500. The Morgan fingerprint density at radius 2 is 2.21 bits per heavy atom. The minimum Gasteiger partial charge on any atom is -0.352 e. The maximum absolute atomic E-state index is 11.6. The first-order chi connectivity index (χ1) is 8.63. The summed E-state index contributed by atoms with van der Waals surface area (Å²) in [5.41, 5.74) is 6.07. The van der Waals surface area contributed by atoms with Crippen LogP contribution in [0.15, 0.2) is 16.8 Å². The van der Waals surface area contributed by atoms with E-state index in [1.807, 2.05) is 12.3 Å². The van der Waals surface area contributed by atoms with Crippen molar-refractivity contribution in [1.82, 2.24) is 10.6 Å². The number of carbonyl (C=O) groups is 2. The van der Waals surface area contributed by atoms with Crippen molar-refractivity contribution in [3.63, 3.8) is 0 Å². The number of rotatable bonds is 7. The first kappa shape index (κ1) is 17.9. The van der Waals surface area contributed by atoms with Crippen molar-refractivity contribution >= 4 is 35.6 Å². The Hall–Kier alpha value is -1.11. The fourth-order valence-corrected chi connectivity index (χ4v) is 1.99. The lowest BCUT2D eigenvalue weighted by molar-refractivity contribution is -0.121. The molecule has 7 heteroatoms. The Labute approximate surface area is 123 Å². The molecule has 4 N–H and O–H groups in total. The van der Waals surface area contributed by atoms with Crippen LogP contribution < -0.4 is 16.4 Å². The predicted molar refractivity (Wildman–Crippen MR) is 79.8 cm³/mol. The second-order valence-electron chi connectivity index (χ2n) is 4.08. The summed E-state index contributed by atoms with van der Waals surface area (Å²) < 4.78 is 0. The Kier molecular flexibility index (Phi) is 9.20. The molecule has 0 aromatic carbocycles. The van der Waals surface area contributed by atoms with Crippen molar-refractivity contribution in [2.45, 2.75) is 25.8 Å². The Bertz CT molecular complexity index is 384. The van der Waals surface area contributed by atoms with Crippen LogP contribution >= 0.6 is 23.7 Å². The van der Waals surface area contributed by atoms with Crippen LogP contribution in [-0.2, 0) is 4.79 Å². The van der Waals surface area contributed by atoms with Gasteiger partial charge in [-0.05, 0) is 24.8 Å². The van der Waals surface area contributed by atoms with Crippen molar-refractivity contribution < 1.29 is 9.59 Å². The average molecular weight is 306 g/mol. The molecule has 0 saturated heterocycles. The lowest BCUT2D eigenvalue weighted by Crippen LogP contribution is -2.38. The summed E-state index contributed by atoms with van der Waals surface area (Å²) in [6, 6.07) is 1.77. The van der Waals surface area contributed by atoms with Gasteiger partial charge in [0.1, 0.15) is 0 Å². The van der Waals surface area contributed by atoms with Gasteiger partial charge in [0.05, 0.1) is 0 Å². The molecule has 0 aliphatic heterocycles. The molecule has 0 unspecified atom stereocenters. The van der Waals surface area contributed by atoms with Gasteiger partial charge in [0.2, 0.25) is 5.91 Å². The Morgan fingerprint density at radius 1 is 1.47 bits per heavy atom. The van der Waals surface area contributed by atoms with E-state index in [9.17, 15) is 9.59 Å². The number of amides is 2. The van der Waals surface area contributed by atoms with Gasteiger partial charge in [-0.1, -0.05) is 0 Å². The van der Waals surface area contributed by atoms with E-state index in [0.717, 1.165) is 0 Å². The number of nitrogens with two attached hydrogens (primary N) is 1. The van der Waals surface area contributed by atoms with Gasteiger partial charge in [-0.15, -0.1) is 12.4 Å². The molecule has 1 atom stereocenters. The van der Waals surface area contributed by atoms with Gasteiger partial charge < -0.3 is 16.4 Å². The minimum atomic E-state index is -0.0908. The molecule has 0 bridgehead atoms. The van der Waals surface area contributed by atoms with Gasteiger partial charge in [-0.2, -0.15) is 11.3 Å². The van der Waals surface area contributed by atoms with Crippen molar-refractivity contribution in [2.24, 2.45) is 5.73 Å². The summed E-state index contributed by atoms with van der Waals surface area (Å²) in [5, 5.41) is 9.20. The smallest absolute Gasteiger partial charge is 0.252 e. The first-order valence-corrected chi connectivity index (χ1v) is 6.87. The highest BCUT2D eigenvalue weighted by Crippen LogP contribution is 2.05. The second kappa shape index (κ2) is 9.77. The molecule has 0 aliphatic carbocycles. The zero-order valence-electron chi connectivity index (χ0n) is 10.8. The third-order valence-electron chi connectivity index (χ3n) is 2.41. The van der Waals surface area contributed by atoms with Crippen molar-refractivity contribution in [3.05, 3.63) is 22.4 Å². The van der Waals surface area contributed by atoms with E-state index in [4.69, 9.17) is 5.73 Å². The third kappa shape index (κ3) is 7.15. The summed E-state index contributed by atoms with van der Waals surface area (Å²) in [7, 11) is 0. The third-order valence-corrected chi connectivity index (χ3v) is 3.09. The molecule has 108 valence electrons. The minimum absolute atomic E-state index is 0. The van der Waals surface area contributed by atoms with Gasteiger partial charge in [-0.25, -0.2) is 0 Å². The number of nitrogens with one attached hydrogen (secondary N) is 2. The van der Waals surface area contributed by atoms with E-state index in [1.54, 1.807) is 11.4 Å². The number of halogens is 1. The average Bonchev–Trinajstić information content (AvgIpc) is 2.88. The summed E-state index contributed by atoms with van der Waals surface area (Å²) in [5.74, 6) is -0.121. The van der Waals surface area contributed by atoms with Crippen molar-refractivity contribution in [1.29, 1.82) is 0 Å². The molecule has 0 aliphatic rings. The SMILES string of the molecule is C[C@@H](CN)NC(=O)CCCNC(=O)c1ccsc1.Cl. The molecule has 1 heterocycles. The molecule has 0 spiro atoms. The molecular formula is C12H20ClN3O2S. The highest BCUT2D eigenvalue weighted by atomic mass is 35.5. The van der Waals surface area contributed by atoms with Gasteiger partial charge in [0.25, 0.3) is 5.91 Å². The zero-order chi connectivity index (χ0) is 13.4. The molecule has 19 heavy (non-hydrogen) atoms. The van der Waals surface area contributed by atoms with Crippen LogP contribution in [-0.4, -0.2) is 30.9 Å². The lowest BCUT2D eigenvalue weighted by Gasteiger charge is -2.11. The van der Waals surface area contributed by atoms with E-state index in [0.29, 0.717) is 31.5 Å². The van der Waals surface area contributed by atoms with Crippen LogP contribution in [0.3, 0.4) is 0 Å². The highest BCUT2D eigenvalue weighted by Gasteiger charge is 2.07. The fourth-order valence-electron chi connectivity index (χ4n) is 1.35. The topological polar surface area (TPSA) is 84.2 Å². The summed E-state index contributed by atoms with van der Waals surface area (Å²) in [6.45, 7) is 2.79. The standard InChI is InChI=1S/C12H19N3O2S.ClH/c1-9(7-13)15-11(16)3-2-5-14-12(17)10-4-6-18-8-10;/h4,6,8-9H,2-3,5,7,13H2,1H3,(H,14,17)(H,15,16);1H/t9-;/m0./s1. The molecule has 1 aromatic rings. The molecule has 2 amide bonds. The Balaban J connectivity index is 0.00000324. The van der Waals surface area contributed by atoms with Crippen LogP contribution in [0.25, 0.3) is 0 Å². The number of carbonyl (C=O) groups excluding carboxylic acids is 2. The molecular weight excluding hydrogens is 286 g/mol. The molecule has 0 radical (unpaired) electrons. The number of thiophene rings is 1. The normalized spacial score (nSPS) is 11.3. The lowest BCUT2D eigenvalue weighted by atomic mass is 10.2. The van der Waals surface area contributed by atoms with Crippen LogP contribution in [0.5, 0.6) is 0 Å².